The van der Waals surface area contributed by atoms with Crippen molar-refractivity contribution in [1.29, 1.82) is 0 Å². The zero-order chi connectivity index (χ0) is 8.23. The van der Waals surface area contributed by atoms with E-state index in [-0.39, 0.29) is 0 Å². The van der Waals surface area contributed by atoms with Gasteiger partial charge in [0.15, 0.2) is 0 Å². The van der Waals surface area contributed by atoms with Gasteiger partial charge in [0.2, 0.25) is 0 Å². The van der Waals surface area contributed by atoms with Crippen LogP contribution in [0.1, 0.15) is 11.4 Å². The largest absolute Gasteiger partial charge is 0.253 e. The van der Waals surface area contributed by atoms with Crippen LogP contribution in [0.2, 0.25) is 0 Å². The van der Waals surface area contributed by atoms with Crippen molar-refractivity contribution in [3.63, 3.8) is 0 Å². The van der Waals surface area contributed by atoms with Gasteiger partial charge < -0.3 is 0 Å². The molecule has 0 spiro atoms. The van der Waals surface area contributed by atoms with E-state index in [1.165, 1.54) is 0 Å². The minimum absolute atomic E-state index is 0.915. The van der Waals surface area contributed by atoms with E-state index in [9.17, 15) is 0 Å². The molecule has 1 aliphatic rings. The Labute approximate surface area is 71.0 Å². The fraction of sp³-hybridized carbons (Fsp3) is 0. The molecule has 0 fully saturated rings. The molecule has 2 nitrogen and oxygen atoms in total. The van der Waals surface area contributed by atoms with Crippen LogP contribution in [0.15, 0.2) is 36.7 Å². The zero-order valence-electron chi connectivity index (χ0n) is 6.51. The Balaban J connectivity index is 2.54. The van der Waals surface area contributed by atoms with Crippen LogP contribution in [-0.4, -0.2) is 9.97 Å². The van der Waals surface area contributed by atoms with Crippen molar-refractivity contribution in [2.24, 2.45) is 0 Å². The van der Waals surface area contributed by atoms with Gasteiger partial charge in [0.1, 0.15) is 0 Å². The molecule has 0 atom stereocenters. The number of allylic oxidation sites excluding steroid dienone is 4. The lowest BCUT2D eigenvalue weighted by molar-refractivity contribution is 1.16. The van der Waals surface area contributed by atoms with Gasteiger partial charge in [-0.05, 0) is 12.2 Å². The number of nitrogens with zero attached hydrogens (tertiary/aromatic N) is 2. The number of fused-ring (bicyclic) bond motifs is 1. The van der Waals surface area contributed by atoms with Crippen LogP contribution in [0.4, 0.5) is 0 Å². The summed E-state index contributed by atoms with van der Waals surface area (Å²) in [4.78, 5) is 8.37. The van der Waals surface area contributed by atoms with E-state index in [4.69, 9.17) is 0 Å². The van der Waals surface area contributed by atoms with Crippen LogP contribution in [0.5, 0.6) is 0 Å². The summed E-state index contributed by atoms with van der Waals surface area (Å²) in [6.07, 6.45) is 15.1. The van der Waals surface area contributed by atoms with E-state index < -0.39 is 0 Å². The van der Waals surface area contributed by atoms with Gasteiger partial charge in [0.25, 0.3) is 0 Å². The summed E-state index contributed by atoms with van der Waals surface area (Å²) < 4.78 is 0. The molecule has 0 aromatic carbocycles. The third-order valence-electron chi connectivity index (χ3n) is 1.60. The summed E-state index contributed by atoms with van der Waals surface area (Å²) in [7, 11) is 0. The van der Waals surface area contributed by atoms with Gasteiger partial charge in [-0.25, -0.2) is 0 Å². The van der Waals surface area contributed by atoms with E-state index in [0.717, 1.165) is 11.4 Å². The van der Waals surface area contributed by atoms with E-state index in [2.05, 4.69) is 9.97 Å². The quantitative estimate of drug-likeness (QED) is 0.574. The van der Waals surface area contributed by atoms with E-state index in [0.29, 0.717) is 0 Å². The highest BCUT2D eigenvalue weighted by Crippen LogP contribution is 2.08. The summed E-state index contributed by atoms with van der Waals surface area (Å²) in [5, 5.41) is 0. The van der Waals surface area contributed by atoms with Gasteiger partial charge in [0, 0.05) is 12.4 Å². The Bertz CT molecular complexity index is 327. The van der Waals surface area contributed by atoms with Crippen LogP contribution in [0, 0.1) is 0 Å². The lowest BCUT2D eigenvalue weighted by atomic mass is 10.2. The molecule has 1 aromatic rings. The second-order valence-electron chi connectivity index (χ2n) is 2.43. The molecule has 0 saturated heterocycles. The van der Waals surface area contributed by atoms with Crippen molar-refractivity contribution in [3.8, 4) is 0 Å². The third-order valence-corrected chi connectivity index (χ3v) is 1.60. The molecule has 12 heavy (non-hydrogen) atoms. The number of aromatic nitrogens is 2. The second-order valence-corrected chi connectivity index (χ2v) is 2.43. The molecular formula is C10H8N2. The Hall–Kier alpha value is -1.70. The minimum atomic E-state index is 0.915. The minimum Gasteiger partial charge on any atom is -0.253 e. The van der Waals surface area contributed by atoms with Gasteiger partial charge in [-0.3, -0.25) is 9.97 Å². The van der Waals surface area contributed by atoms with Crippen molar-refractivity contribution in [2.45, 2.75) is 0 Å². The van der Waals surface area contributed by atoms with Gasteiger partial charge in [-0.1, -0.05) is 24.3 Å². The molecule has 0 aliphatic heterocycles. The number of rotatable bonds is 0. The van der Waals surface area contributed by atoms with E-state index in [1.54, 1.807) is 12.4 Å². The molecule has 0 radical (unpaired) electrons. The van der Waals surface area contributed by atoms with E-state index in [1.807, 2.05) is 36.5 Å². The summed E-state index contributed by atoms with van der Waals surface area (Å²) in [6, 6.07) is 0. The number of hydrogen-bond acceptors (Lipinski definition) is 2. The normalized spacial score (nSPS) is 13.7. The Morgan fingerprint density at radius 3 is 1.67 bits per heavy atom. The van der Waals surface area contributed by atoms with Gasteiger partial charge in [-0.2, -0.15) is 0 Å². The molecule has 1 aliphatic carbocycles. The smallest absolute Gasteiger partial charge is 0.0886 e. The summed E-state index contributed by atoms with van der Waals surface area (Å²) >= 11 is 0. The topological polar surface area (TPSA) is 25.8 Å². The first-order valence-electron chi connectivity index (χ1n) is 3.79. The predicted octanol–water partition coefficient (Wildman–Crippen LogP) is 2.07. The van der Waals surface area contributed by atoms with Crippen LogP contribution in [0.25, 0.3) is 12.2 Å². The molecular weight excluding hydrogens is 148 g/mol. The standard InChI is InChI=1S/C10H8N2/c1-2-4-6-10-9(5-3-1)11-7-8-12-10/h1-8H. The van der Waals surface area contributed by atoms with Crippen LogP contribution >= 0.6 is 0 Å². The first kappa shape index (κ1) is 6.98. The summed E-state index contributed by atoms with van der Waals surface area (Å²) in [6.45, 7) is 0. The Morgan fingerprint density at radius 1 is 0.667 bits per heavy atom. The van der Waals surface area contributed by atoms with Gasteiger partial charge in [-0.15, -0.1) is 0 Å². The second kappa shape index (κ2) is 3.13. The molecule has 0 N–H and O–H groups in total. The monoisotopic (exact) mass is 156 g/mol. The highest BCUT2D eigenvalue weighted by molar-refractivity contribution is 5.62. The van der Waals surface area contributed by atoms with Gasteiger partial charge >= 0.3 is 0 Å². The lowest BCUT2D eigenvalue weighted by Crippen LogP contribution is -1.89. The third kappa shape index (κ3) is 1.32. The maximum absolute atomic E-state index is 4.19. The summed E-state index contributed by atoms with van der Waals surface area (Å²) in [5.41, 5.74) is 1.83. The molecule has 0 unspecified atom stereocenters. The van der Waals surface area contributed by atoms with Crippen molar-refractivity contribution < 1.29 is 0 Å². The molecule has 58 valence electrons. The molecule has 1 aromatic heterocycles. The molecule has 0 amide bonds. The number of hydrogen-bond donors (Lipinski definition) is 0. The molecule has 2 rings (SSSR count). The summed E-state index contributed by atoms with van der Waals surface area (Å²) in [5.74, 6) is 0. The van der Waals surface area contributed by atoms with Crippen molar-refractivity contribution >= 4 is 12.2 Å². The van der Waals surface area contributed by atoms with Crippen molar-refractivity contribution in [3.05, 3.63) is 48.1 Å². The van der Waals surface area contributed by atoms with Crippen LogP contribution in [-0.2, 0) is 0 Å². The van der Waals surface area contributed by atoms with Crippen LogP contribution in [0.3, 0.4) is 0 Å². The predicted molar refractivity (Wildman–Crippen MR) is 49.2 cm³/mol. The highest BCUT2D eigenvalue weighted by Gasteiger charge is 1.96. The molecule has 2 heteroatoms. The maximum atomic E-state index is 4.19. The van der Waals surface area contributed by atoms with Crippen LogP contribution < -0.4 is 0 Å². The van der Waals surface area contributed by atoms with Crippen molar-refractivity contribution in [2.75, 3.05) is 0 Å². The Morgan fingerprint density at radius 2 is 1.17 bits per heavy atom. The average molecular weight is 156 g/mol. The fourth-order valence-corrected chi connectivity index (χ4v) is 1.04. The molecule has 1 heterocycles. The SMILES string of the molecule is C1=CC=Cc2nccnc2C=C1. The van der Waals surface area contributed by atoms with Crippen molar-refractivity contribution in [1.82, 2.24) is 9.97 Å². The van der Waals surface area contributed by atoms with Gasteiger partial charge in [0.05, 0.1) is 11.4 Å². The first-order valence-corrected chi connectivity index (χ1v) is 3.79. The maximum Gasteiger partial charge on any atom is 0.0886 e. The van der Waals surface area contributed by atoms with E-state index >= 15 is 0 Å². The first-order chi connectivity index (χ1) is 5.97. The lowest BCUT2D eigenvalue weighted by Gasteiger charge is -1.97. The molecule has 0 saturated carbocycles. The average Bonchev–Trinajstić information content (AvgIpc) is 2.06. The highest BCUT2D eigenvalue weighted by atomic mass is 14.8. The Kier molecular flexibility index (Phi) is 1.82. The molecule has 0 bridgehead atoms. The fourth-order valence-electron chi connectivity index (χ4n) is 1.04. The zero-order valence-corrected chi connectivity index (χ0v) is 6.51.